The molecule has 0 bridgehead atoms. The number of thioether (sulfide) groups is 1. The fraction of sp³-hybridized carbons (Fsp3) is 0.211. The SMILES string of the molecule is COc1cccc(NC(=O)[C@H](C)Sc2nnc(-c3ccc4c(c3)OCO4)o2)c1. The molecule has 8 nitrogen and oxygen atoms in total. The molecule has 0 aliphatic carbocycles. The molecule has 1 aromatic heterocycles. The van der Waals surface area contributed by atoms with Crippen LogP contribution in [0.2, 0.25) is 0 Å². The molecule has 3 aromatic rings. The van der Waals surface area contributed by atoms with E-state index in [1.54, 1.807) is 38.3 Å². The van der Waals surface area contributed by atoms with Crippen LogP contribution in [0, 0.1) is 0 Å². The maximum absolute atomic E-state index is 12.4. The summed E-state index contributed by atoms with van der Waals surface area (Å²) >= 11 is 1.18. The molecule has 1 atom stereocenters. The highest BCUT2D eigenvalue weighted by atomic mass is 32.2. The lowest BCUT2D eigenvalue weighted by molar-refractivity contribution is -0.115. The van der Waals surface area contributed by atoms with Crippen molar-refractivity contribution in [3.05, 3.63) is 42.5 Å². The third-order valence-corrected chi connectivity index (χ3v) is 4.94. The summed E-state index contributed by atoms with van der Waals surface area (Å²) in [5, 5.41) is 10.8. The van der Waals surface area contributed by atoms with Crippen molar-refractivity contribution in [1.82, 2.24) is 10.2 Å². The number of fused-ring (bicyclic) bond motifs is 1. The third kappa shape index (κ3) is 3.89. The van der Waals surface area contributed by atoms with E-state index in [1.165, 1.54) is 11.8 Å². The first-order valence-corrected chi connectivity index (χ1v) is 9.35. The van der Waals surface area contributed by atoms with Gasteiger partial charge in [0.05, 0.1) is 12.4 Å². The lowest BCUT2D eigenvalue weighted by atomic mass is 10.2. The lowest BCUT2D eigenvalue weighted by Crippen LogP contribution is -2.22. The first-order chi connectivity index (χ1) is 13.6. The second-order valence-electron chi connectivity index (χ2n) is 5.92. The average Bonchev–Trinajstić information content (AvgIpc) is 3.36. The molecule has 144 valence electrons. The van der Waals surface area contributed by atoms with Crippen molar-refractivity contribution in [3.63, 3.8) is 0 Å². The van der Waals surface area contributed by atoms with Gasteiger partial charge in [-0.05, 0) is 37.3 Å². The molecule has 28 heavy (non-hydrogen) atoms. The van der Waals surface area contributed by atoms with Gasteiger partial charge in [-0.25, -0.2) is 0 Å². The van der Waals surface area contributed by atoms with E-state index in [1.807, 2.05) is 18.2 Å². The van der Waals surface area contributed by atoms with Crippen molar-refractivity contribution in [1.29, 1.82) is 0 Å². The summed E-state index contributed by atoms with van der Waals surface area (Å²) in [7, 11) is 1.58. The zero-order valence-corrected chi connectivity index (χ0v) is 16.0. The molecule has 1 N–H and O–H groups in total. The second kappa shape index (κ2) is 7.81. The van der Waals surface area contributed by atoms with Crippen LogP contribution in [-0.2, 0) is 4.79 Å². The van der Waals surface area contributed by atoms with Gasteiger partial charge in [-0.1, -0.05) is 17.8 Å². The van der Waals surface area contributed by atoms with Crippen LogP contribution in [0.15, 0.2) is 52.1 Å². The van der Waals surface area contributed by atoms with Crippen molar-refractivity contribution < 1.29 is 23.4 Å². The van der Waals surface area contributed by atoms with Gasteiger partial charge in [0, 0.05) is 17.3 Å². The Morgan fingerprint density at radius 2 is 2.04 bits per heavy atom. The molecule has 1 aliphatic heterocycles. The number of ether oxygens (including phenoxy) is 3. The molecular formula is C19H17N3O5S. The van der Waals surface area contributed by atoms with Crippen molar-refractivity contribution >= 4 is 23.4 Å². The summed E-state index contributed by atoms with van der Waals surface area (Å²) in [4.78, 5) is 12.4. The number of hydrogen-bond acceptors (Lipinski definition) is 8. The van der Waals surface area contributed by atoms with Crippen LogP contribution in [0.5, 0.6) is 17.2 Å². The van der Waals surface area contributed by atoms with Crippen molar-refractivity contribution in [3.8, 4) is 28.7 Å². The number of hydrogen-bond donors (Lipinski definition) is 1. The predicted octanol–water partition coefficient (Wildman–Crippen LogP) is 3.59. The first kappa shape index (κ1) is 18.2. The Morgan fingerprint density at radius 1 is 1.18 bits per heavy atom. The highest BCUT2D eigenvalue weighted by Crippen LogP contribution is 2.36. The molecular weight excluding hydrogens is 382 g/mol. The van der Waals surface area contributed by atoms with Crippen LogP contribution in [-0.4, -0.2) is 35.3 Å². The van der Waals surface area contributed by atoms with Crippen molar-refractivity contribution in [2.45, 2.75) is 17.4 Å². The fourth-order valence-electron chi connectivity index (χ4n) is 2.55. The van der Waals surface area contributed by atoms with Gasteiger partial charge in [0.15, 0.2) is 11.5 Å². The van der Waals surface area contributed by atoms with E-state index in [2.05, 4.69) is 15.5 Å². The summed E-state index contributed by atoms with van der Waals surface area (Å²) in [6.45, 7) is 1.97. The number of amides is 1. The number of benzene rings is 2. The summed E-state index contributed by atoms with van der Waals surface area (Å²) < 4.78 is 21.5. The predicted molar refractivity (Wildman–Crippen MR) is 103 cm³/mol. The summed E-state index contributed by atoms with van der Waals surface area (Å²) in [6.07, 6.45) is 0. The molecule has 4 rings (SSSR count). The van der Waals surface area contributed by atoms with E-state index in [9.17, 15) is 4.79 Å². The number of nitrogens with zero attached hydrogens (tertiary/aromatic N) is 2. The highest BCUT2D eigenvalue weighted by molar-refractivity contribution is 8.00. The standard InChI is InChI=1S/C19H17N3O5S/c1-11(17(23)20-13-4-3-5-14(9-13)24-2)28-19-22-21-18(27-19)12-6-7-15-16(8-12)26-10-25-15/h3-9,11H,10H2,1-2H3,(H,20,23)/t11-/m0/s1. The molecule has 0 radical (unpaired) electrons. The molecule has 0 fully saturated rings. The number of carbonyl (C=O) groups is 1. The smallest absolute Gasteiger partial charge is 0.277 e. The van der Waals surface area contributed by atoms with E-state index in [0.29, 0.717) is 34.0 Å². The van der Waals surface area contributed by atoms with Gasteiger partial charge in [-0.15, -0.1) is 10.2 Å². The molecule has 0 unspecified atom stereocenters. The highest BCUT2D eigenvalue weighted by Gasteiger charge is 2.20. The summed E-state index contributed by atoms with van der Waals surface area (Å²) in [5.41, 5.74) is 1.38. The third-order valence-electron chi connectivity index (χ3n) is 4.01. The molecule has 2 heterocycles. The average molecular weight is 399 g/mol. The van der Waals surface area contributed by atoms with Gasteiger partial charge in [0.1, 0.15) is 5.75 Å². The monoisotopic (exact) mass is 399 g/mol. The van der Waals surface area contributed by atoms with Crippen molar-refractivity contribution in [2.24, 2.45) is 0 Å². The molecule has 0 spiro atoms. The summed E-state index contributed by atoms with van der Waals surface area (Å²) in [5.74, 6) is 2.15. The van der Waals surface area contributed by atoms with Crippen LogP contribution < -0.4 is 19.5 Å². The molecule has 0 saturated carbocycles. The van der Waals surface area contributed by atoms with Crippen LogP contribution in [0.3, 0.4) is 0 Å². The fourth-order valence-corrected chi connectivity index (χ4v) is 3.24. The van der Waals surface area contributed by atoms with E-state index >= 15 is 0 Å². The quantitative estimate of drug-likeness (QED) is 0.628. The van der Waals surface area contributed by atoms with Crippen molar-refractivity contribution in [2.75, 3.05) is 19.2 Å². The Bertz CT molecular complexity index is 1010. The van der Waals surface area contributed by atoms with Crippen LogP contribution in [0.25, 0.3) is 11.5 Å². The topological polar surface area (TPSA) is 95.7 Å². The molecule has 9 heteroatoms. The van der Waals surface area contributed by atoms with E-state index < -0.39 is 5.25 Å². The van der Waals surface area contributed by atoms with Crippen LogP contribution in [0.1, 0.15) is 6.92 Å². The van der Waals surface area contributed by atoms with Gasteiger partial charge in [0.25, 0.3) is 5.22 Å². The maximum atomic E-state index is 12.4. The van der Waals surface area contributed by atoms with Gasteiger partial charge < -0.3 is 23.9 Å². The number of carbonyl (C=O) groups excluding carboxylic acids is 1. The number of nitrogens with one attached hydrogen (secondary N) is 1. The Balaban J connectivity index is 1.41. The number of rotatable bonds is 6. The molecule has 2 aromatic carbocycles. The first-order valence-electron chi connectivity index (χ1n) is 8.47. The minimum absolute atomic E-state index is 0.180. The van der Waals surface area contributed by atoms with E-state index in [4.69, 9.17) is 18.6 Å². The Morgan fingerprint density at radius 3 is 2.89 bits per heavy atom. The largest absolute Gasteiger partial charge is 0.497 e. The van der Waals surface area contributed by atoms with Gasteiger partial charge in [-0.3, -0.25) is 4.79 Å². The van der Waals surface area contributed by atoms with E-state index in [0.717, 1.165) is 5.56 Å². The minimum atomic E-state index is -0.434. The van der Waals surface area contributed by atoms with Crippen LogP contribution in [0.4, 0.5) is 5.69 Å². The number of aromatic nitrogens is 2. The van der Waals surface area contributed by atoms with Gasteiger partial charge >= 0.3 is 0 Å². The van der Waals surface area contributed by atoms with E-state index in [-0.39, 0.29) is 12.7 Å². The Labute approximate surface area is 165 Å². The Hall–Kier alpha value is -3.20. The lowest BCUT2D eigenvalue weighted by Gasteiger charge is -2.10. The van der Waals surface area contributed by atoms with Gasteiger partial charge in [0.2, 0.25) is 18.6 Å². The second-order valence-corrected chi connectivity index (χ2v) is 7.21. The number of methoxy groups -OCH3 is 1. The summed E-state index contributed by atoms with van der Waals surface area (Å²) in [6, 6.07) is 12.5. The Kier molecular flexibility index (Phi) is 5.07. The molecule has 1 aliphatic rings. The zero-order chi connectivity index (χ0) is 19.5. The zero-order valence-electron chi connectivity index (χ0n) is 15.2. The molecule has 0 saturated heterocycles. The van der Waals surface area contributed by atoms with Gasteiger partial charge in [-0.2, -0.15) is 0 Å². The molecule has 1 amide bonds. The maximum Gasteiger partial charge on any atom is 0.277 e. The van der Waals surface area contributed by atoms with Crippen LogP contribution >= 0.6 is 11.8 Å². The normalized spacial score (nSPS) is 13.2. The number of anilines is 1. The minimum Gasteiger partial charge on any atom is -0.497 e.